The largest absolute Gasteiger partial charge is 0.495 e. The third kappa shape index (κ3) is 2.63. The first-order valence-corrected chi connectivity index (χ1v) is 9.65. The standard InChI is InChI=1S/C20H14ClFN2O2S/c1-9-3-14-18(26-9)15(22)7-16-19(14)27-20(24-16)13-6-11(21)4-10-5-12(25-2)8-23-17(10)13/h4-9H,3H2,1-2H3/t9-/m1/s1. The van der Waals surface area contributed by atoms with Gasteiger partial charge in [0.25, 0.3) is 0 Å². The van der Waals surface area contributed by atoms with Crippen molar-refractivity contribution in [3.8, 4) is 22.1 Å². The molecule has 0 aliphatic carbocycles. The molecule has 1 aliphatic rings. The minimum atomic E-state index is -0.363. The van der Waals surface area contributed by atoms with Gasteiger partial charge in [0.2, 0.25) is 0 Å². The Morgan fingerprint density at radius 3 is 2.96 bits per heavy atom. The van der Waals surface area contributed by atoms with Gasteiger partial charge in [0.1, 0.15) is 16.9 Å². The molecule has 0 N–H and O–H groups in total. The van der Waals surface area contributed by atoms with Gasteiger partial charge < -0.3 is 9.47 Å². The van der Waals surface area contributed by atoms with E-state index in [2.05, 4.69) is 9.97 Å². The Balaban J connectivity index is 1.76. The summed E-state index contributed by atoms with van der Waals surface area (Å²) in [5.74, 6) is 0.646. The summed E-state index contributed by atoms with van der Waals surface area (Å²) in [4.78, 5) is 9.20. The number of thiazole rings is 1. The molecule has 136 valence electrons. The molecule has 0 fully saturated rings. The van der Waals surface area contributed by atoms with E-state index >= 15 is 0 Å². The van der Waals surface area contributed by atoms with Gasteiger partial charge in [-0.05, 0) is 25.1 Å². The first-order valence-electron chi connectivity index (χ1n) is 8.45. The highest BCUT2D eigenvalue weighted by molar-refractivity contribution is 7.22. The normalized spacial score (nSPS) is 15.9. The number of fused-ring (bicyclic) bond motifs is 4. The van der Waals surface area contributed by atoms with Crippen LogP contribution in [0.5, 0.6) is 11.5 Å². The van der Waals surface area contributed by atoms with Crippen LogP contribution in [0.4, 0.5) is 4.39 Å². The van der Waals surface area contributed by atoms with Gasteiger partial charge in [-0.2, -0.15) is 0 Å². The van der Waals surface area contributed by atoms with E-state index in [1.807, 2.05) is 25.1 Å². The predicted octanol–water partition coefficient (Wildman–Crippen LogP) is 5.64. The highest BCUT2D eigenvalue weighted by atomic mass is 35.5. The lowest BCUT2D eigenvalue weighted by atomic mass is 10.1. The Morgan fingerprint density at radius 1 is 1.30 bits per heavy atom. The van der Waals surface area contributed by atoms with Crippen LogP contribution in [0.25, 0.3) is 31.7 Å². The van der Waals surface area contributed by atoms with E-state index in [1.54, 1.807) is 13.3 Å². The fourth-order valence-corrected chi connectivity index (χ4v) is 4.84. The van der Waals surface area contributed by atoms with Crippen LogP contribution in [0.1, 0.15) is 12.5 Å². The summed E-state index contributed by atoms with van der Waals surface area (Å²) < 4.78 is 26.2. The minimum Gasteiger partial charge on any atom is -0.495 e. The number of pyridine rings is 1. The van der Waals surface area contributed by atoms with E-state index in [1.165, 1.54) is 17.4 Å². The smallest absolute Gasteiger partial charge is 0.167 e. The number of methoxy groups -OCH3 is 1. The Morgan fingerprint density at radius 2 is 2.15 bits per heavy atom. The van der Waals surface area contributed by atoms with Crippen molar-refractivity contribution >= 4 is 44.1 Å². The number of nitrogens with zero attached hydrogens (tertiary/aromatic N) is 2. The number of halogens is 2. The maximum absolute atomic E-state index is 14.4. The average Bonchev–Trinajstić information content (AvgIpc) is 3.23. The number of aromatic nitrogens is 2. The van der Waals surface area contributed by atoms with Crippen LogP contribution >= 0.6 is 22.9 Å². The molecule has 2 aromatic heterocycles. The molecule has 0 spiro atoms. The summed E-state index contributed by atoms with van der Waals surface area (Å²) >= 11 is 7.85. The summed E-state index contributed by atoms with van der Waals surface area (Å²) in [6.07, 6.45) is 2.31. The van der Waals surface area contributed by atoms with Crippen LogP contribution < -0.4 is 9.47 Å². The van der Waals surface area contributed by atoms with E-state index in [-0.39, 0.29) is 11.9 Å². The first-order chi connectivity index (χ1) is 13.0. The van der Waals surface area contributed by atoms with Crippen molar-refractivity contribution in [3.63, 3.8) is 0 Å². The molecule has 1 atom stereocenters. The number of benzene rings is 2. The Bertz CT molecular complexity index is 1220. The van der Waals surface area contributed by atoms with Crippen molar-refractivity contribution in [2.75, 3.05) is 7.11 Å². The zero-order valence-corrected chi connectivity index (χ0v) is 16.1. The number of hydrogen-bond acceptors (Lipinski definition) is 5. The number of rotatable bonds is 2. The van der Waals surface area contributed by atoms with E-state index < -0.39 is 0 Å². The van der Waals surface area contributed by atoms with Gasteiger partial charge in [0.05, 0.1) is 29.0 Å². The van der Waals surface area contributed by atoms with E-state index in [9.17, 15) is 4.39 Å². The molecule has 0 radical (unpaired) electrons. The van der Waals surface area contributed by atoms with E-state index in [0.29, 0.717) is 28.5 Å². The van der Waals surface area contributed by atoms with Crippen molar-refractivity contribution in [2.24, 2.45) is 0 Å². The van der Waals surface area contributed by atoms with Crippen LogP contribution in [-0.2, 0) is 6.42 Å². The number of hydrogen-bond donors (Lipinski definition) is 0. The van der Waals surface area contributed by atoms with E-state index in [0.717, 1.165) is 31.7 Å². The zero-order valence-electron chi connectivity index (χ0n) is 14.5. The second-order valence-corrected chi connectivity index (χ2v) is 8.00. The molecule has 0 saturated carbocycles. The van der Waals surface area contributed by atoms with Crippen molar-refractivity contribution in [1.82, 2.24) is 9.97 Å². The topological polar surface area (TPSA) is 44.2 Å². The van der Waals surface area contributed by atoms with Crippen LogP contribution in [-0.4, -0.2) is 23.2 Å². The van der Waals surface area contributed by atoms with Gasteiger partial charge in [0, 0.05) is 34.0 Å². The highest BCUT2D eigenvalue weighted by Gasteiger charge is 2.27. The molecule has 2 aromatic carbocycles. The van der Waals surface area contributed by atoms with Crippen LogP contribution in [0.15, 0.2) is 30.5 Å². The third-order valence-corrected chi connectivity index (χ3v) is 6.06. The zero-order chi connectivity index (χ0) is 18.7. The number of ether oxygens (including phenoxy) is 2. The molecule has 7 heteroatoms. The van der Waals surface area contributed by atoms with Gasteiger partial charge >= 0.3 is 0 Å². The van der Waals surface area contributed by atoms with Crippen molar-refractivity contribution in [3.05, 3.63) is 46.9 Å². The third-order valence-electron chi connectivity index (χ3n) is 4.68. The first kappa shape index (κ1) is 16.7. The summed E-state index contributed by atoms with van der Waals surface area (Å²) in [7, 11) is 1.60. The van der Waals surface area contributed by atoms with Gasteiger partial charge in [-0.1, -0.05) is 11.6 Å². The molecule has 0 saturated heterocycles. The lowest BCUT2D eigenvalue weighted by molar-refractivity contribution is 0.245. The van der Waals surface area contributed by atoms with Crippen LogP contribution in [0.3, 0.4) is 0 Å². The lowest BCUT2D eigenvalue weighted by Gasteiger charge is -2.06. The summed E-state index contributed by atoms with van der Waals surface area (Å²) in [5, 5.41) is 2.20. The van der Waals surface area contributed by atoms with Gasteiger partial charge in [-0.25, -0.2) is 9.37 Å². The van der Waals surface area contributed by atoms with Crippen molar-refractivity contribution < 1.29 is 13.9 Å². The summed E-state index contributed by atoms with van der Waals surface area (Å²) in [5.41, 5.74) is 3.12. The highest BCUT2D eigenvalue weighted by Crippen LogP contribution is 2.43. The summed E-state index contributed by atoms with van der Waals surface area (Å²) in [6, 6.07) is 7.01. The molecule has 1 aliphatic heterocycles. The fourth-order valence-electron chi connectivity index (χ4n) is 3.50. The fraction of sp³-hybridized carbons (Fsp3) is 0.200. The molecule has 4 nitrogen and oxygen atoms in total. The molecular weight excluding hydrogens is 387 g/mol. The molecule has 3 heterocycles. The van der Waals surface area contributed by atoms with Crippen LogP contribution in [0.2, 0.25) is 5.02 Å². The van der Waals surface area contributed by atoms with Crippen molar-refractivity contribution in [2.45, 2.75) is 19.4 Å². The molecule has 27 heavy (non-hydrogen) atoms. The van der Waals surface area contributed by atoms with Gasteiger partial charge in [0.15, 0.2) is 11.6 Å². The summed E-state index contributed by atoms with van der Waals surface area (Å²) in [6.45, 7) is 1.94. The Labute approximate surface area is 163 Å². The molecule has 4 aromatic rings. The van der Waals surface area contributed by atoms with E-state index in [4.69, 9.17) is 21.1 Å². The lowest BCUT2D eigenvalue weighted by Crippen LogP contribution is -2.05. The molecule has 0 unspecified atom stereocenters. The molecule has 0 bridgehead atoms. The predicted molar refractivity (Wildman–Crippen MR) is 106 cm³/mol. The van der Waals surface area contributed by atoms with Gasteiger partial charge in [-0.3, -0.25) is 4.98 Å². The average molecular weight is 401 g/mol. The minimum absolute atomic E-state index is 0.0354. The molecule has 0 amide bonds. The second kappa shape index (κ2) is 6.04. The quantitative estimate of drug-likeness (QED) is 0.437. The molecular formula is C20H14ClFN2O2S. The SMILES string of the molecule is COc1cnc2c(-c3nc4cc(F)c5c(c4s3)C[C@@H](C)O5)cc(Cl)cc2c1. The van der Waals surface area contributed by atoms with Crippen LogP contribution in [0, 0.1) is 5.82 Å². The maximum Gasteiger partial charge on any atom is 0.167 e. The Kier molecular flexibility index (Phi) is 3.74. The second-order valence-electron chi connectivity index (χ2n) is 6.57. The maximum atomic E-state index is 14.4. The van der Waals surface area contributed by atoms with Crippen molar-refractivity contribution in [1.29, 1.82) is 0 Å². The molecule has 5 rings (SSSR count). The van der Waals surface area contributed by atoms with Gasteiger partial charge in [-0.15, -0.1) is 11.3 Å². The Hall–Kier alpha value is -2.44. The monoisotopic (exact) mass is 400 g/mol.